The molecule has 118 valence electrons. The highest BCUT2D eigenvalue weighted by molar-refractivity contribution is 8.00. The van der Waals surface area contributed by atoms with Crippen molar-refractivity contribution in [2.24, 2.45) is 0 Å². The first-order valence-corrected chi connectivity index (χ1v) is 8.02. The molecule has 2 aromatic heterocycles. The summed E-state index contributed by atoms with van der Waals surface area (Å²) in [5.41, 5.74) is 1.38. The van der Waals surface area contributed by atoms with E-state index in [-0.39, 0.29) is 11.6 Å². The van der Waals surface area contributed by atoms with E-state index in [1.165, 1.54) is 30.1 Å². The summed E-state index contributed by atoms with van der Waals surface area (Å²) >= 11 is 7.10. The Labute approximate surface area is 140 Å². The van der Waals surface area contributed by atoms with E-state index >= 15 is 0 Å². The van der Waals surface area contributed by atoms with Gasteiger partial charge in [-0.1, -0.05) is 35.5 Å². The Morgan fingerprint density at radius 3 is 3.00 bits per heavy atom. The SMILES string of the molecule is C[C@@H](Sc1nc2ncc(Cl)cc2[nH]1)C(=O)Nc1ccccc1F. The van der Waals surface area contributed by atoms with E-state index < -0.39 is 11.1 Å². The van der Waals surface area contributed by atoms with Crippen LogP contribution in [-0.2, 0) is 4.79 Å². The molecule has 0 aliphatic rings. The lowest BCUT2D eigenvalue weighted by Crippen LogP contribution is -2.23. The number of halogens is 2. The van der Waals surface area contributed by atoms with E-state index in [0.29, 0.717) is 21.3 Å². The number of nitrogens with zero attached hydrogens (tertiary/aromatic N) is 2. The summed E-state index contributed by atoms with van der Waals surface area (Å²) in [6, 6.07) is 7.74. The molecule has 0 saturated heterocycles. The Morgan fingerprint density at radius 1 is 1.43 bits per heavy atom. The molecular weight excluding hydrogens is 339 g/mol. The summed E-state index contributed by atoms with van der Waals surface area (Å²) < 4.78 is 13.6. The first-order chi connectivity index (χ1) is 11.0. The van der Waals surface area contributed by atoms with Crippen molar-refractivity contribution < 1.29 is 9.18 Å². The molecule has 3 rings (SSSR count). The molecule has 0 saturated carbocycles. The number of fused-ring (bicyclic) bond motifs is 1. The maximum absolute atomic E-state index is 13.6. The van der Waals surface area contributed by atoms with Gasteiger partial charge in [0.2, 0.25) is 5.91 Å². The highest BCUT2D eigenvalue weighted by Gasteiger charge is 2.18. The number of nitrogens with one attached hydrogen (secondary N) is 2. The molecule has 1 amide bonds. The fourth-order valence-corrected chi connectivity index (χ4v) is 2.89. The Hall–Kier alpha value is -2.12. The fourth-order valence-electron chi connectivity index (χ4n) is 1.93. The first kappa shape index (κ1) is 15.8. The van der Waals surface area contributed by atoms with E-state index in [2.05, 4.69) is 20.3 Å². The smallest absolute Gasteiger partial charge is 0.237 e. The molecule has 0 aliphatic heterocycles. The lowest BCUT2D eigenvalue weighted by Gasteiger charge is -2.10. The van der Waals surface area contributed by atoms with Crippen molar-refractivity contribution in [1.29, 1.82) is 0 Å². The number of H-pyrrole nitrogens is 1. The number of carbonyl (C=O) groups excluding carboxylic acids is 1. The largest absolute Gasteiger partial charge is 0.331 e. The summed E-state index contributed by atoms with van der Waals surface area (Å²) in [4.78, 5) is 23.6. The van der Waals surface area contributed by atoms with Crippen LogP contribution in [-0.4, -0.2) is 26.1 Å². The van der Waals surface area contributed by atoms with Gasteiger partial charge in [-0.15, -0.1) is 0 Å². The van der Waals surface area contributed by atoms with Gasteiger partial charge < -0.3 is 10.3 Å². The van der Waals surface area contributed by atoms with Crippen molar-refractivity contribution in [3.63, 3.8) is 0 Å². The van der Waals surface area contributed by atoms with Gasteiger partial charge in [-0.25, -0.2) is 14.4 Å². The quantitative estimate of drug-likeness (QED) is 0.701. The van der Waals surface area contributed by atoms with Gasteiger partial charge in [-0.2, -0.15) is 0 Å². The third kappa shape index (κ3) is 3.62. The topological polar surface area (TPSA) is 70.7 Å². The summed E-state index contributed by atoms with van der Waals surface area (Å²) in [6.07, 6.45) is 1.51. The molecule has 1 atom stereocenters. The molecule has 2 heterocycles. The van der Waals surface area contributed by atoms with Crippen LogP contribution in [0, 0.1) is 5.82 Å². The molecule has 0 spiro atoms. The number of pyridine rings is 1. The molecule has 3 aromatic rings. The summed E-state index contributed by atoms with van der Waals surface area (Å²) in [5, 5.41) is 3.14. The minimum absolute atomic E-state index is 0.156. The number of thioether (sulfide) groups is 1. The van der Waals surface area contributed by atoms with Gasteiger partial charge in [0.1, 0.15) is 5.82 Å². The minimum Gasteiger partial charge on any atom is -0.331 e. The van der Waals surface area contributed by atoms with Gasteiger partial charge in [-0.05, 0) is 25.1 Å². The van der Waals surface area contributed by atoms with Crippen LogP contribution >= 0.6 is 23.4 Å². The van der Waals surface area contributed by atoms with Crippen LogP contribution in [0.15, 0.2) is 41.7 Å². The van der Waals surface area contributed by atoms with Crippen LogP contribution in [0.3, 0.4) is 0 Å². The van der Waals surface area contributed by atoms with Crippen LogP contribution in [0.5, 0.6) is 0 Å². The van der Waals surface area contributed by atoms with Crippen LogP contribution in [0.25, 0.3) is 11.2 Å². The third-order valence-electron chi connectivity index (χ3n) is 3.07. The average molecular weight is 351 g/mol. The molecular formula is C15H12ClFN4OS. The number of imidazole rings is 1. The highest BCUT2D eigenvalue weighted by Crippen LogP contribution is 2.25. The normalized spacial score (nSPS) is 12.3. The van der Waals surface area contributed by atoms with Crippen molar-refractivity contribution in [2.45, 2.75) is 17.3 Å². The van der Waals surface area contributed by atoms with Crippen LogP contribution in [0.2, 0.25) is 5.02 Å². The summed E-state index contributed by atoms with van der Waals surface area (Å²) in [5.74, 6) is -0.785. The molecule has 5 nitrogen and oxygen atoms in total. The number of hydrogen-bond acceptors (Lipinski definition) is 4. The maximum Gasteiger partial charge on any atom is 0.237 e. The van der Waals surface area contributed by atoms with E-state index in [1.54, 1.807) is 25.1 Å². The molecule has 0 aliphatic carbocycles. The number of rotatable bonds is 4. The summed E-state index contributed by atoms with van der Waals surface area (Å²) in [6.45, 7) is 1.72. The number of aromatic nitrogens is 3. The molecule has 0 radical (unpaired) electrons. The molecule has 1 aromatic carbocycles. The molecule has 0 bridgehead atoms. The number of amides is 1. The van der Waals surface area contributed by atoms with E-state index in [1.807, 2.05) is 0 Å². The molecule has 2 N–H and O–H groups in total. The van der Waals surface area contributed by atoms with Gasteiger partial charge >= 0.3 is 0 Å². The second-order valence-electron chi connectivity index (χ2n) is 4.80. The van der Waals surface area contributed by atoms with Crippen LogP contribution < -0.4 is 5.32 Å². The molecule has 0 unspecified atom stereocenters. The van der Waals surface area contributed by atoms with Crippen molar-refractivity contribution >= 4 is 46.1 Å². The zero-order valence-corrected chi connectivity index (χ0v) is 13.6. The van der Waals surface area contributed by atoms with Gasteiger partial charge in [0, 0.05) is 6.20 Å². The van der Waals surface area contributed by atoms with E-state index in [4.69, 9.17) is 11.6 Å². The second kappa shape index (κ2) is 6.55. The third-order valence-corrected chi connectivity index (χ3v) is 4.26. The van der Waals surface area contributed by atoms with Gasteiger partial charge in [0.25, 0.3) is 0 Å². The van der Waals surface area contributed by atoms with Crippen molar-refractivity contribution in [2.75, 3.05) is 5.32 Å². The van der Waals surface area contributed by atoms with E-state index in [0.717, 1.165) is 0 Å². The monoisotopic (exact) mass is 350 g/mol. The first-order valence-electron chi connectivity index (χ1n) is 6.76. The zero-order valence-electron chi connectivity index (χ0n) is 12.0. The van der Waals surface area contributed by atoms with Crippen LogP contribution in [0.4, 0.5) is 10.1 Å². The van der Waals surface area contributed by atoms with Gasteiger partial charge in [0.15, 0.2) is 10.8 Å². The number of benzene rings is 1. The predicted octanol–water partition coefficient (Wildman–Crippen LogP) is 3.87. The lowest BCUT2D eigenvalue weighted by molar-refractivity contribution is -0.115. The molecule has 23 heavy (non-hydrogen) atoms. The Kier molecular flexibility index (Phi) is 4.49. The predicted molar refractivity (Wildman–Crippen MR) is 89.2 cm³/mol. The van der Waals surface area contributed by atoms with Crippen molar-refractivity contribution in [3.8, 4) is 0 Å². The summed E-state index contributed by atoms with van der Waals surface area (Å²) in [7, 11) is 0. The zero-order chi connectivity index (χ0) is 16.4. The van der Waals surface area contributed by atoms with Crippen LogP contribution in [0.1, 0.15) is 6.92 Å². The van der Waals surface area contributed by atoms with Crippen molar-refractivity contribution in [3.05, 3.63) is 47.4 Å². The average Bonchev–Trinajstić information content (AvgIpc) is 2.90. The number of carbonyl (C=O) groups is 1. The number of hydrogen-bond donors (Lipinski definition) is 2. The minimum atomic E-state index is -0.472. The Balaban J connectivity index is 1.71. The standard InChI is InChI=1S/C15H12ClFN4OS/c1-8(14(22)19-11-5-3-2-4-10(11)17)23-15-20-12-6-9(16)7-18-13(12)21-15/h2-8H,1H3,(H,19,22)(H,18,20,21)/t8-/m1/s1. The lowest BCUT2D eigenvalue weighted by atomic mass is 10.3. The van der Waals surface area contributed by atoms with Gasteiger partial charge in [0.05, 0.1) is 21.5 Å². The molecule has 0 fully saturated rings. The number of aromatic amines is 1. The van der Waals surface area contributed by atoms with E-state index in [9.17, 15) is 9.18 Å². The number of para-hydroxylation sites is 1. The molecule has 8 heteroatoms. The Bertz CT molecular complexity index is 870. The highest BCUT2D eigenvalue weighted by atomic mass is 35.5. The number of anilines is 1. The Morgan fingerprint density at radius 2 is 2.22 bits per heavy atom. The van der Waals surface area contributed by atoms with Gasteiger partial charge in [-0.3, -0.25) is 4.79 Å². The second-order valence-corrected chi connectivity index (χ2v) is 6.56. The maximum atomic E-state index is 13.6. The van der Waals surface area contributed by atoms with Crippen molar-refractivity contribution in [1.82, 2.24) is 15.0 Å². The fraction of sp³-hybridized carbons (Fsp3) is 0.133.